The zero-order valence-corrected chi connectivity index (χ0v) is 9.15. The third-order valence-electron chi connectivity index (χ3n) is 1.91. The van der Waals surface area contributed by atoms with Crippen LogP contribution in [0.1, 0.15) is 10.4 Å². The van der Waals surface area contributed by atoms with Crippen molar-refractivity contribution in [1.82, 2.24) is 4.98 Å². The number of carbonyl (C=O) groups is 1. The lowest BCUT2D eigenvalue weighted by Crippen LogP contribution is -1.96. The zero-order valence-electron chi connectivity index (χ0n) is 7.57. The standard InChI is InChI=1S/C10H6BrNO2.H2O/c11-8-3-1-2-6-4-7(10(13)14)5-12-9(6)8;/h1-5H,(H,13,14);1H2. The van der Waals surface area contributed by atoms with Gasteiger partial charge in [0.1, 0.15) is 0 Å². The van der Waals surface area contributed by atoms with E-state index < -0.39 is 5.97 Å². The number of hydrogen-bond acceptors (Lipinski definition) is 2. The Kier molecular flexibility index (Phi) is 3.39. The van der Waals surface area contributed by atoms with Gasteiger partial charge < -0.3 is 10.6 Å². The van der Waals surface area contributed by atoms with E-state index in [2.05, 4.69) is 20.9 Å². The Bertz CT molecular complexity index is 513. The smallest absolute Gasteiger partial charge is 0.337 e. The fourth-order valence-corrected chi connectivity index (χ4v) is 1.72. The first-order valence-corrected chi connectivity index (χ1v) is 4.75. The van der Waals surface area contributed by atoms with E-state index in [-0.39, 0.29) is 11.0 Å². The summed E-state index contributed by atoms with van der Waals surface area (Å²) < 4.78 is 0.868. The molecule has 15 heavy (non-hydrogen) atoms. The van der Waals surface area contributed by atoms with Crippen molar-refractivity contribution in [2.75, 3.05) is 0 Å². The molecule has 1 heterocycles. The van der Waals surface area contributed by atoms with E-state index in [1.807, 2.05) is 18.2 Å². The number of benzene rings is 1. The first-order chi connectivity index (χ1) is 6.68. The van der Waals surface area contributed by atoms with Gasteiger partial charge in [-0.3, -0.25) is 4.98 Å². The Labute approximate surface area is 94.0 Å². The van der Waals surface area contributed by atoms with E-state index in [0.717, 1.165) is 15.4 Å². The number of fused-ring (bicyclic) bond motifs is 1. The van der Waals surface area contributed by atoms with Crippen LogP contribution in [0.2, 0.25) is 0 Å². The van der Waals surface area contributed by atoms with Crippen LogP contribution in [0.15, 0.2) is 34.9 Å². The van der Waals surface area contributed by atoms with Crippen LogP contribution in [0.25, 0.3) is 10.9 Å². The highest BCUT2D eigenvalue weighted by atomic mass is 79.9. The van der Waals surface area contributed by atoms with E-state index in [4.69, 9.17) is 5.11 Å². The van der Waals surface area contributed by atoms with Crippen molar-refractivity contribution in [3.05, 3.63) is 40.5 Å². The van der Waals surface area contributed by atoms with Gasteiger partial charge in [0.05, 0.1) is 11.1 Å². The van der Waals surface area contributed by atoms with Crippen molar-refractivity contribution in [3.8, 4) is 0 Å². The summed E-state index contributed by atoms with van der Waals surface area (Å²) in [6.45, 7) is 0. The molecule has 0 radical (unpaired) electrons. The largest absolute Gasteiger partial charge is 0.478 e. The number of para-hydroxylation sites is 1. The SMILES string of the molecule is O.O=C(O)c1cnc2c(Br)cccc2c1. The molecule has 4 nitrogen and oxygen atoms in total. The molecule has 0 bridgehead atoms. The monoisotopic (exact) mass is 269 g/mol. The molecule has 0 aliphatic carbocycles. The quantitative estimate of drug-likeness (QED) is 0.858. The Morgan fingerprint density at radius 3 is 2.80 bits per heavy atom. The summed E-state index contributed by atoms with van der Waals surface area (Å²) in [6, 6.07) is 7.16. The average molecular weight is 270 g/mol. The van der Waals surface area contributed by atoms with Crippen molar-refractivity contribution in [2.45, 2.75) is 0 Å². The van der Waals surface area contributed by atoms with Crippen LogP contribution in [0.3, 0.4) is 0 Å². The summed E-state index contributed by atoms with van der Waals surface area (Å²) in [5.41, 5.74) is 0.980. The van der Waals surface area contributed by atoms with E-state index in [1.54, 1.807) is 6.07 Å². The molecule has 0 fully saturated rings. The first-order valence-electron chi connectivity index (χ1n) is 3.96. The van der Waals surface area contributed by atoms with E-state index in [0.29, 0.717) is 0 Å². The molecule has 1 aromatic heterocycles. The number of nitrogens with zero attached hydrogens (tertiary/aromatic N) is 1. The third-order valence-corrected chi connectivity index (χ3v) is 2.55. The van der Waals surface area contributed by atoms with Crippen molar-refractivity contribution >= 4 is 32.8 Å². The van der Waals surface area contributed by atoms with Crippen LogP contribution < -0.4 is 0 Å². The summed E-state index contributed by atoms with van der Waals surface area (Å²) in [4.78, 5) is 14.8. The molecule has 78 valence electrons. The third kappa shape index (κ3) is 2.14. The van der Waals surface area contributed by atoms with Gasteiger partial charge in [0.25, 0.3) is 0 Å². The van der Waals surface area contributed by atoms with Gasteiger partial charge >= 0.3 is 5.97 Å². The van der Waals surface area contributed by atoms with E-state index in [1.165, 1.54) is 6.20 Å². The summed E-state index contributed by atoms with van der Waals surface area (Å²) >= 11 is 3.35. The number of aromatic nitrogens is 1. The van der Waals surface area contributed by atoms with Gasteiger partial charge in [-0.1, -0.05) is 12.1 Å². The molecule has 2 aromatic rings. The maximum absolute atomic E-state index is 10.7. The number of halogens is 1. The molecule has 0 spiro atoms. The lowest BCUT2D eigenvalue weighted by molar-refractivity contribution is 0.0696. The summed E-state index contributed by atoms with van der Waals surface area (Å²) in [7, 11) is 0. The number of pyridine rings is 1. The van der Waals surface area contributed by atoms with Gasteiger partial charge in [0.15, 0.2) is 0 Å². The second-order valence-electron chi connectivity index (χ2n) is 2.84. The molecule has 0 aliphatic heterocycles. The second-order valence-corrected chi connectivity index (χ2v) is 3.70. The topological polar surface area (TPSA) is 81.7 Å². The van der Waals surface area contributed by atoms with Crippen molar-refractivity contribution in [1.29, 1.82) is 0 Å². The van der Waals surface area contributed by atoms with Crippen LogP contribution in [-0.4, -0.2) is 21.5 Å². The lowest BCUT2D eigenvalue weighted by atomic mass is 10.2. The molecule has 0 amide bonds. The van der Waals surface area contributed by atoms with Gasteiger partial charge in [0.2, 0.25) is 0 Å². The highest BCUT2D eigenvalue weighted by Crippen LogP contribution is 2.22. The number of carboxylic acids is 1. The first kappa shape index (κ1) is 11.6. The van der Waals surface area contributed by atoms with Crippen molar-refractivity contribution in [3.63, 3.8) is 0 Å². The molecule has 0 saturated heterocycles. The van der Waals surface area contributed by atoms with Crippen LogP contribution in [-0.2, 0) is 0 Å². The Hall–Kier alpha value is -1.46. The molecular formula is C10H8BrNO3. The zero-order chi connectivity index (χ0) is 10.1. The summed E-state index contributed by atoms with van der Waals surface area (Å²) in [6.07, 6.45) is 1.36. The average Bonchev–Trinajstić information content (AvgIpc) is 2.17. The lowest BCUT2D eigenvalue weighted by Gasteiger charge is -2.00. The molecule has 2 rings (SSSR count). The highest BCUT2D eigenvalue weighted by molar-refractivity contribution is 9.10. The number of rotatable bonds is 1. The molecule has 0 unspecified atom stereocenters. The van der Waals surface area contributed by atoms with E-state index in [9.17, 15) is 4.79 Å². The van der Waals surface area contributed by atoms with Gasteiger partial charge in [-0.2, -0.15) is 0 Å². The van der Waals surface area contributed by atoms with Crippen molar-refractivity contribution in [2.24, 2.45) is 0 Å². The minimum Gasteiger partial charge on any atom is -0.478 e. The predicted molar refractivity (Wildman–Crippen MR) is 60.0 cm³/mol. The maximum atomic E-state index is 10.7. The van der Waals surface area contributed by atoms with Gasteiger partial charge in [-0.15, -0.1) is 0 Å². The second kappa shape index (κ2) is 4.37. The molecule has 0 atom stereocenters. The molecule has 0 saturated carbocycles. The molecule has 0 aliphatic rings. The predicted octanol–water partition coefficient (Wildman–Crippen LogP) is 1.87. The molecule has 1 aromatic carbocycles. The van der Waals surface area contributed by atoms with Crippen LogP contribution in [0.5, 0.6) is 0 Å². The van der Waals surface area contributed by atoms with Crippen LogP contribution >= 0.6 is 15.9 Å². The Morgan fingerprint density at radius 1 is 1.40 bits per heavy atom. The minimum atomic E-state index is -0.959. The number of hydrogen-bond donors (Lipinski definition) is 1. The molecule has 3 N–H and O–H groups in total. The van der Waals surface area contributed by atoms with Crippen LogP contribution in [0, 0.1) is 0 Å². The van der Waals surface area contributed by atoms with Gasteiger partial charge in [-0.25, -0.2) is 4.79 Å². The highest BCUT2D eigenvalue weighted by Gasteiger charge is 2.05. The van der Waals surface area contributed by atoms with E-state index >= 15 is 0 Å². The Balaban J connectivity index is 0.00000112. The van der Waals surface area contributed by atoms with Crippen molar-refractivity contribution < 1.29 is 15.4 Å². The molecular weight excluding hydrogens is 262 g/mol. The maximum Gasteiger partial charge on any atom is 0.337 e. The normalized spacial score (nSPS) is 9.67. The fourth-order valence-electron chi connectivity index (χ4n) is 1.24. The fraction of sp³-hybridized carbons (Fsp3) is 0. The van der Waals surface area contributed by atoms with Gasteiger partial charge in [0, 0.05) is 16.1 Å². The number of carboxylic acid groups (broad SMARTS) is 1. The minimum absolute atomic E-state index is 0. The summed E-state index contributed by atoms with van der Waals surface area (Å²) in [5, 5.41) is 9.58. The molecule has 5 heteroatoms. The Morgan fingerprint density at radius 2 is 2.13 bits per heavy atom. The number of aromatic carboxylic acids is 1. The van der Waals surface area contributed by atoms with Crippen LogP contribution in [0.4, 0.5) is 0 Å². The van der Waals surface area contributed by atoms with Gasteiger partial charge in [-0.05, 0) is 28.1 Å². The summed E-state index contributed by atoms with van der Waals surface area (Å²) in [5.74, 6) is -0.959.